The van der Waals surface area contributed by atoms with Gasteiger partial charge in [-0.3, -0.25) is 4.90 Å². The molecular weight excluding hydrogens is 280 g/mol. The van der Waals surface area contributed by atoms with E-state index in [-0.39, 0.29) is 6.03 Å². The maximum absolute atomic E-state index is 11.7. The number of carbonyl (C=O) groups excluding carboxylic acids is 1. The van der Waals surface area contributed by atoms with Gasteiger partial charge >= 0.3 is 6.03 Å². The SMILES string of the molecule is CCOc1ccc(CNC(=O)NCCN2CCNCC2)cc1. The van der Waals surface area contributed by atoms with Crippen molar-refractivity contribution in [1.82, 2.24) is 20.9 Å². The van der Waals surface area contributed by atoms with E-state index in [1.807, 2.05) is 31.2 Å². The summed E-state index contributed by atoms with van der Waals surface area (Å²) in [5, 5.41) is 9.08. The molecule has 0 saturated carbocycles. The summed E-state index contributed by atoms with van der Waals surface area (Å²) in [5.41, 5.74) is 1.06. The highest BCUT2D eigenvalue weighted by atomic mass is 16.5. The van der Waals surface area contributed by atoms with Crippen LogP contribution in [0.5, 0.6) is 5.75 Å². The Hall–Kier alpha value is -1.79. The first-order valence-electron chi connectivity index (χ1n) is 7.94. The fraction of sp³-hybridized carbons (Fsp3) is 0.562. The fourth-order valence-corrected chi connectivity index (χ4v) is 2.38. The molecular formula is C16H26N4O2. The van der Waals surface area contributed by atoms with Crippen molar-refractivity contribution in [3.8, 4) is 5.75 Å². The van der Waals surface area contributed by atoms with Gasteiger partial charge in [0.05, 0.1) is 6.61 Å². The standard InChI is InChI=1S/C16H26N4O2/c1-2-22-15-5-3-14(4-6-15)13-19-16(21)18-9-12-20-10-7-17-8-11-20/h3-6,17H,2,7-13H2,1H3,(H2,18,19,21). The molecule has 0 atom stereocenters. The molecule has 6 heteroatoms. The van der Waals surface area contributed by atoms with Gasteiger partial charge < -0.3 is 20.7 Å². The summed E-state index contributed by atoms with van der Waals surface area (Å²) in [4.78, 5) is 14.1. The largest absolute Gasteiger partial charge is 0.494 e. The van der Waals surface area contributed by atoms with Crippen LogP contribution in [0.25, 0.3) is 0 Å². The summed E-state index contributed by atoms with van der Waals surface area (Å²) in [6, 6.07) is 7.65. The van der Waals surface area contributed by atoms with Crippen molar-refractivity contribution in [2.45, 2.75) is 13.5 Å². The Morgan fingerprint density at radius 3 is 2.64 bits per heavy atom. The third-order valence-corrected chi connectivity index (χ3v) is 3.61. The summed E-state index contributed by atoms with van der Waals surface area (Å²) in [6.07, 6.45) is 0. The number of carbonyl (C=O) groups is 1. The van der Waals surface area contributed by atoms with E-state index in [4.69, 9.17) is 4.74 Å². The summed E-state index contributed by atoms with van der Waals surface area (Å²) in [5.74, 6) is 0.853. The van der Waals surface area contributed by atoms with Gasteiger partial charge in [-0.05, 0) is 24.6 Å². The zero-order chi connectivity index (χ0) is 15.6. The van der Waals surface area contributed by atoms with Gasteiger partial charge in [0.15, 0.2) is 0 Å². The summed E-state index contributed by atoms with van der Waals surface area (Å²) in [7, 11) is 0. The lowest BCUT2D eigenvalue weighted by Crippen LogP contribution is -2.47. The lowest BCUT2D eigenvalue weighted by atomic mass is 10.2. The Bertz CT molecular complexity index is 444. The van der Waals surface area contributed by atoms with Crippen molar-refractivity contribution in [1.29, 1.82) is 0 Å². The summed E-state index contributed by atoms with van der Waals surface area (Å²) in [6.45, 7) is 8.88. The van der Waals surface area contributed by atoms with Crippen LogP contribution < -0.4 is 20.7 Å². The van der Waals surface area contributed by atoms with E-state index in [1.165, 1.54) is 0 Å². The van der Waals surface area contributed by atoms with Crippen LogP contribution in [-0.4, -0.2) is 56.8 Å². The Labute approximate surface area is 132 Å². The number of urea groups is 1. The van der Waals surface area contributed by atoms with Crippen molar-refractivity contribution in [3.05, 3.63) is 29.8 Å². The minimum atomic E-state index is -0.121. The zero-order valence-corrected chi connectivity index (χ0v) is 13.2. The third-order valence-electron chi connectivity index (χ3n) is 3.61. The number of amides is 2. The van der Waals surface area contributed by atoms with Crippen LogP contribution in [0.2, 0.25) is 0 Å². The first-order chi connectivity index (χ1) is 10.8. The molecule has 1 aliphatic heterocycles. The molecule has 0 aromatic heterocycles. The van der Waals surface area contributed by atoms with Crippen molar-refractivity contribution in [2.75, 3.05) is 45.9 Å². The Balaban J connectivity index is 1.60. The van der Waals surface area contributed by atoms with Gasteiger partial charge in [0.25, 0.3) is 0 Å². The van der Waals surface area contributed by atoms with Gasteiger partial charge in [-0.2, -0.15) is 0 Å². The van der Waals surface area contributed by atoms with E-state index >= 15 is 0 Å². The highest BCUT2D eigenvalue weighted by Gasteiger charge is 2.09. The molecule has 0 aliphatic carbocycles. The molecule has 122 valence electrons. The molecule has 1 saturated heterocycles. The second kappa shape index (κ2) is 9.27. The van der Waals surface area contributed by atoms with E-state index in [9.17, 15) is 4.79 Å². The average Bonchev–Trinajstić information content (AvgIpc) is 2.55. The van der Waals surface area contributed by atoms with Crippen molar-refractivity contribution >= 4 is 6.03 Å². The molecule has 1 fully saturated rings. The Morgan fingerprint density at radius 1 is 1.23 bits per heavy atom. The second-order valence-corrected chi connectivity index (χ2v) is 5.28. The van der Waals surface area contributed by atoms with Gasteiger partial charge in [-0.25, -0.2) is 4.79 Å². The number of rotatable bonds is 7. The van der Waals surface area contributed by atoms with E-state index < -0.39 is 0 Å². The van der Waals surface area contributed by atoms with Crippen molar-refractivity contribution in [3.63, 3.8) is 0 Å². The molecule has 2 amide bonds. The minimum Gasteiger partial charge on any atom is -0.494 e. The fourth-order valence-electron chi connectivity index (χ4n) is 2.38. The molecule has 6 nitrogen and oxygen atoms in total. The van der Waals surface area contributed by atoms with E-state index in [2.05, 4.69) is 20.9 Å². The van der Waals surface area contributed by atoms with Gasteiger partial charge in [0.2, 0.25) is 0 Å². The predicted octanol–water partition coefficient (Wildman–Crippen LogP) is 0.790. The number of hydrogen-bond donors (Lipinski definition) is 3. The highest BCUT2D eigenvalue weighted by molar-refractivity contribution is 5.73. The topological polar surface area (TPSA) is 65.6 Å². The van der Waals surface area contributed by atoms with Gasteiger partial charge in [0.1, 0.15) is 5.75 Å². The molecule has 0 bridgehead atoms. The van der Waals surface area contributed by atoms with Crippen LogP contribution in [0.4, 0.5) is 4.79 Å². The molecule has 1 aliphatic rings. The van der Waals surface area contributed by atoms with Crippen LogP contribution in [-0.2, 0) is 6.54 Å². The zero-order valence-electron chi connectivity index (χ0n) is 13.2. The van der Waals surface area contributed by atoms with Gasteiger partial charge in [-0.15, -0.1) is 0 Å². The van der Waals surface area contributed by atoms with E-state index in [0.29, 0.717) is 19.7 Å². The molecule has 3 N–H and O–H groups in total. The number of benzene rings is 1. The lowest BCUT2D eigenvalue weighted by Gasteiger charge is -2.27. The van der Waals surface area contributed by atoms with Gasteiger partial charge in [0, 0.05) is 45.8 Å². The van der Waals surface area contributed by atoms with Crippen LogP contribution in [0.3, 0.4) is 0 Å². The van der Waals surface area contributed by atoms with Crippen molar-refractivity contribution < 1.29 is 9.53 Å². The molecule has 0 radical (unpaired) electrons. The average molecular weight is 306 g/mol. The number of hydrogen-bond acceptors (Lipinski definition) is 4. The monoisotopic (exact) mass is 306 g/mol. The molecule has 0 spiro atoms. The van der Waals surface area contributed by atoms with Crippen LogP contribution in [0.1, 0.15) is 12.5 Å². The molecule has 1 aromatic rings. The first kappa shape index (κ1) is 16.6. The normalized spacial score (nSPS) is 15.3. The number of nitrogens with zero attached hydrogens (tertiary/aromatic N) is 1. The quantitative estimate of drug-likeness (QED) is 0.697. The number of piperazine rings is 1. The lowest BCUT2D eigenvalue weighted by molar-refractivity contribution is 0.226. The smallest absolute Gasteiger partial charge is 0.315 e. The second-order valence-electron chi connectivity index (χ2n) is 5.28. The Kier molecular flexibility index (Phi) is 6.99. The maximum atomic E-state index is 11.7. The number of nitrogens with one attached hydrogen (secondary N) is 3. The van der Waals surface area contributed by atoms with Crippen LogP contribution in [0.15, 0.2) is 24.3 Å². The third kappa shape index (κ3) is 5.91. The molecule has 2 rings (SSSR count). The van der Waals surface area contributed by atoms with E-state index in [0.717, 1.165) is 44.0 Å². The minimum absolute atomic E-state index is 0.121. The van der Waals surface area contributed by atoms with E-state index in [1.54, 1.807) is 0 Å². The first-order valence-corrected chi connectivity index (χ1v) is 7.94. The molecule has 22 heavy (non-hydrogen) atoms. The Morgan fingerprint density at radius 2 is 1.95 bits per heavy atom. The molecule has 1 heterocycles. The van der Waals surface area contributed by atoms with Crippen LogP contribution in [0, 0.1) is 0 Å². The predicted molar refractivity (Wildman–Crippen MR) is 87.2 cm³/mol. The van der Waals surface area contributed by atoms with Crippen molar-refractivity contribution in [2.24, 2.45) is 0 Å². The summed E-state index contributed by atoms with van der Waals surface area (Å²) < 4.78 is 5.39. The molecule has 0 unspecified atom stereocenters. The maximum Gasteiger partial charge on any atom is 0.315 e. The number of ether oxygens (including phenoxy) is 1. The van der Waals surface area contributed by atoms with Crippen LogP contribution >= 0.6 is 0 Å². The molecule has 1 aromatic carbocycles. The highest BCUT2D eigenvalue weighted by Crippen LogP contribution is 2.11. The summed E-state index contributed by atoms with van der Waals surface area (Å²) >= 11 is 0. The van der Waals surface area contributed by atoms with Gasteiger partial charge in [-0.1, -0.05) is 12.1 Å².